The molecule has 0 bridgehead atoms. The van der Waals surface area contributed by atoms with Gasteiger partial charge in [0, 0.05) is 12.7 Å². The molecule has 1 aliphatic rings. The van der Waals surface area contributed by atoms with Gasteiger partial charge in [0.05, 0.1) is 12.2 Å². The zero-order valence-corrected chi connectivity index (χ0v) is 16.2. The summed E-state index contributed by atoms with van der Waals surface area (Å²) in [6.45, 7) is 2.82. The van der Waals surface area contributed by atoms with Crippen molar-refractivity contribution in [3.63, 3.8) is 0 Å². The third-order valence-electron chi connectivity index (χ3n) is 4.88. The maximum absolute atomic E-state index is 12.8. The summed E-state index contributed by atoms with van der Waals surface area (Å²) < 4.78 is 5.62. The first kappa shape index (κ1) is 19.0. The number of pyridine rings is 1. The maximum atomic E-state index is 12.8. The fourth-order valence-corrected chi connectivity index (χ4v) is 3.34. The SMILES string of the molecule is Cc1ccc(COCC(=O)N2CCCc3c2nc(-c2ccccn2)[nH]c3=O)cc1. The Balaban J connectivity index is 1.52. The van der Waals surface area contributed by atoms with Crippen LogP contribution in [0.4, 0.5) is 5.82 Å². The third-order valence-corrected chi connectivity index (χ3v) is 4.88. The van der Waals surface area contributed by atoms with Gasteiger partial charge in [0.15, 0.2) is 5.82 Å². The molecule has 0 atom stereocenters. The Morgan fingerprint density at radius 1 is 1.21 bits per heavy atom. The van der Waals surface area contributed by atoms with Crippen LogP contribution in [0.1, 0.15) is 23.1 Å². The summed E-state index contributed by atoms with van der Waals surface area (Å²) >= 11 is 0. The van der Waals surface area contributed by atoms with Gasteiger partial charge in [-0.05, 0) is 37.5 Å². The normalized spacial score (nSPS) is 13.2. The third kappa shape index (κ3) is 4.25. The molecule has 0 spiro atoms. The Kier molecular flexibility index (Phi) is 5.48. The van der Waals surface area contributed by atoms with Crippen LogP contribution in [0.25, 0.3) is 11.5 Å². The van der Waals surface area contributed by atoms with E-state index in [1.54, 1.807) is 23.2 Å². The lowest BCUT2D eigenvalue weighted by Gasteiger charge is -2.28. The summed E-state index contributed by atoms with van der Waals surface area (Å²) in [5.74, 6) is 0.558. The van der Waals surface area contributed by atoms with E-state index in [2.05, 4.69) is 15.0 Å². The molecule has 7 heteroatoms. The highest BCUT2D eigenvalue weighted by Gasteiger charge is 2.27. The zero-order valence-electron chi connectivity index (χ0n) is 16.2. The Morgan fingerprint density at radius 2 is 2.03 bits per heavy atom. The van der Waals surface area contributed by atoms with Crippen molar-refractivity contribution in [2.24, 2.45) is 0 Å². The van der Waals surface area contributed by atoms with E-state index in [0.717, 1.165) is 5.56 Å². The minimum absolute atomic E-state index is 0.0687. The molecule has 1 N–H and O–H groups in total. The number of fused-ring (bicyclic) bond motifs is 1. The first-order valence-electron chi connectivity index (χ1n) is 9.60. The number of H-pyrrole nitrogens is 1. The van der Waals surface area contributed by atoms with Gasteiger partial charge in [0.1, 0.15) is 18.1 Å². The van der Waals surface area contributed by atoms with Crippen molar-refractivity contribution in [1.29, 1.82) is 0 Å². The van der Waals surface area contributed by atoms with Gasteiger partial charge in [-0.15, -0.1) is 0 Å². The number of rotatable bonds is 5. The first-order chi connectivity index (χ1) is 14.1. The van der Waals surface area contributed by atoms with Gasteiger partial charge in [-0.1, -0.05) is 35.9 Å². The van der Waals surface area contributed by atoms with Crippen molar-refractivity contribution in [3.05, 3.63) is 75.7 Å². The van der Waals surface area contributed by atoms with Gasteiger partial charge in [-0.25, -0.2) is 4.98 Å². The molecule has 2 aromatic heterocycles. The highest BCUT2D eigenvalue weighted by molar-refractivity contribution is 5.94. The average molecular weight is 390 g/mol. The summed E-state index contributed by atoms with van der Waals surface area (Å²) in [6, 6.07) is 13.4. The van der Waals surface area contributed by atoms with Crippen molar-refractivity contribution < 1.29 is 9.53 Å². The number of hydrogen-bond donors (Lipinski definition) is 1. The predicted molar refractivity (Wildman–Crippen MR) is 110 cm³/mol. The lowest BCUT2D eigenvalue weighted by atomic mass is 10.1. The number of ether oxygens (including phenoxy) is 1. The molecular weight excluding hydrogens is 368 g/mol. The summed E-state index contributed by atoms with van der Waals surface area (Å²) in [5.41, 5.74) is 3.04. The second-order valence-electron chi connectivity index (χ2n) is 7.06. The molecule has 4 rings (SSSR count). The Bertz CT molecular complexity index is 1060. The van der Waals surface area contributed by atoms with E-state index < -0.39 is 0 Å². The Labute approximate surface area is 168 Å². The number of carbonyl (C=O) groups excluding carboxylic acids is 1. The molecule has 0 saturated carbocycles. The lowest BCUT2D eigenvalue weighted by Crippen LogP contribution is -2.40. The number of carbonyl (C=O) groups is 1. The van der Waals surface area contributed by atoms with E-state index >= 15 is 0 Å². The van der Waals surface area contributed by atoms with Crippen LogP contribution < -0.4 is 10.5 Å². The Morgan fingerprint density at radius 3 is 2.79 bits per heavy atom. The Hall–Kier alpha value is -3.32. The van der Waals surface area contributed by atoms with Gasteiger partial charge in [-0.2, -0.15) is 0 Å². The quantitative estimate of drug-likeness (QED) is 0.724. The van der Waals surface area contributed by atoms with Crippen LogP contribution in [0.2, 0.25) is 0 Å². The second-order valence-corrected chi connectivity index (χ2v) is 7.06. The monoisotopic (exact) mass is 390 g/mol. The van der Waals surface area contributed by atoms with Crippen molar-refractivity contribution in [2.75, 3.05) is 18.1 Å². The highest BCUT2D eigenvalue weighted by Crippen LogP contribution is 2.24. The van der Waals surface area contributed by atoms with Crippen LogP contribution in [-0.2, 0) is 22.6 Å². The smallest absolute Gasteiger partial charge is 0.256 e. The topological polar surface area (TPSA) is 88.2 Å². The second kappa shape index (κ2) is 8.36. The van der Waals surface area contributed by atoms with Crippen molar-refractivity contribution in [3.8, 4) is 11.5 Å². The molecule has 0 radical (unpaired) electrons. The number of benzene rings is 1. The maximum Gasteiger partial charge on any atom is 0.256 e. The number of nitrogens with one attached hydrogen (secondary N) is 1. The van der Waals surface area contributed by atoms with Crippen LogP contribution >= 0.6 is 0 Å². The fourth-order valence-electron chi connectivity index (χ4n) is 3.34. The zero-order chi connectivity index (χ0) is 20.2. The van der Waals surface area contributed by atoms with Crippen LogP contribution in [-0.4, -0.2) is 34.0 Å². The van der Waals surface area contributed by atoms with Gasteiger partial charge in [-0.3, -0.25) is 19.5 Å². The molecule has 3 aromatic rings. The molecule has 0 unspecified atom stereocenters. The predicted octanol–water partition coefficient (Wildman–Crippen LogP) is 2.64. The minimum Gasteiger partial charge on any atom is -0.367 e. The summed E-state index contributed by atoms with van der Waals surface area (Å²) in [6.07, 6.45) is 2.94. The van der Waals surface area contributed by atoms with Crippen LogP contribution in [0.5, 0.6) is 0 Å². The number of anilines is 1. The van der Waals surface area contributed by atoms with E-state index in [1.807, 2.05) is 37.3 Å². The molecule has 3 heterocycles. The number of hydrogen-bond acceptors (Lipinski definition) is 5. The van der Waals surface area contributed by atoms with E-state index in [-0.39, 0.29) is 18.1 Å². The number of aromatic amines is 1. The molecule has 0 aliphatic carbocycles. The number of aryl methyl sites for hydroxylation is 1. The first-order valence-corrected chi connectivity index (χ1v) is 9.60. The fraction of sp³-hybridized carbons (Fsp3) is 0.273. The van der Waals surface area contributed by atoms with Crippen molar-refractivity contribution in [1.82, 2.24) is 15.0 Å². The summed E-state index contributed by atoms with van der Waals surface area (Å²) in [5, 5.41) is 0. The average Bonchev–Trinajstić information content (AvgIpc) is 2.75. The van der Waals surface area contributed by atoms with Crippen LogP contribution in [0, 0.1) is 6.92 Å². The molecule has 0 saturated heterocycles. The van der Waals surface area contributed by atoms with E-state index in [9.17, 15) is 9.59 Å². The van der Waals surface area contributed by atoms with E-state index in [0.29, 0.717) is 48.9 Å². The van der Waals surface area contributed by atoms with Gasteiger partial charge >= 0.3 is 0 Å². The number of aromatic nitrogens is 3. The largest absolute Gasteiger partial charge is 0.367 e. The van der Waals surface area contributed by atoms with E-state index in [4.69, 9.17) is 4.74 Å². The van der Waals surface area contributed by atoms with Crippen molar-refractivity contribution in [2.45, 2.75) is 26.4 Å². The number of nitrogens with zero attached hydrogens (tertiary/aromatic N) is 3. The number of amides is 1. The minimum atomic E-state index is -0.228. The molecule has 148 valence electrons. The summed E-state index contributed by atoms with van der Waals surface area (Å²) in [7, 11) is 0. The molecule has 7 nitrogen and oxygen atoms in total. The van der Waals surface area contributed by atoms with Crippen LogP contribution in [0.3, 0.4) is 0 Å². The molecule has 0 fully saturated rings. The highest BCUT2D eigenvalue weighted by atomic mass is 16.5. The van der Waals surface area contributed by atoms with E-state index in [1.165, 1.54) is 5.56 Å². The molecular formula is C22H22N4O3. The molecule has 1 amide bonds. The molecule has 1 aromatic carbocycles. The standard InChI is InChI=1S/C22H22N4O3/c1-15-7-9-16(10-8-15)13-29-14-19(27)26-12-4-5-17-21(26)24-20(25-22(17)28)18-6-2-3-11-23-18/h2-3,6-11H,4-5,12-14H2,1H3,(H,24,25,28). The lowest BCUT2D eigenvalue weighted by molar-refractivity contribution is -0.123. The van der Waals surface area contributed by atoms with Gasteiger partial charge in [0.25, 0.3) is 11.5 Å². The van der Waals surface area contributed by atoms with Gasteiger partial charge < -0.3 is 9.72 Å². The van der Waals surface area contributed by atoms with Gasteiger partial charge in [0.2, 0.25) is 0 Å². The van der Waals surface area contributed by atoms with Crippen molar-refractivity contribution >= 4 is 11.7 Å². The summed E-state index contributed by atoms with van der Waals surface area (Å²) in [4.78, 5) is 38.5. The van der Waals surface area contributed by atoms with Crippen LogP contribution in [0.15, 0.2) is 53.5 Å². The molecule has 1 aliphatic heterocycles. The molecule has 29 heavy (non-hydrogen) atoms.